The molecular formula is C16H18N4O4. The first kappa shape index (κ1) is 16.0. The fourth-order valence-electron chi connectivity index (χ4n) is 2.79. The Balaban J connectivity index is 1.61. The fraction of sp³-hybridized carbons (Fsp3) is 0.375. The number of benzene rings is 1. The number of amides is 4. The maximum Gasteiger partial charge on any atom is 0.254 e. The zero-order chi connectivity index (χ0) is 17.1. The molecule has 8 heteroatoms. The Hall–Kier alpha value is -2.90. The summed E-state index contributed by atoms with van der Waals surface area (Å²) in [6.45, 7) is 0.924. The van der Waals surface area contributed by atoms with Crippen LogP contribution in [-0.2, 0) is 14.4 Å². The lowest BCUT2D eigenvalue weighted by atomic mass is 10.1. The van der Waals surface area contributed by atoms with Gasteiger partial charge in [0.25, 0.3) is 5.91 Å². The van der Waals surface area contributed by atoms with Crippen molar-refractivity contribution in [2.45, 2.75) is 18.9 Å². The minimum atomic E-state index is -0.785. The summed E-state index contributed by atoms with van der Waals surface area (Å²) in [5.41, 5.74) is 0.855. The molecule has 0 bridgehead atoms. The van der Waals surface area contributed by atoms with Gasteiger partial charge in [-0.15, -0.1) is 0 Å². The normalized spacial score (nSPS) is 20.4. The molecule has 24 heavy (non-hydrogen) atoms. The van der Waals surface area contributed by atoms with E-state index in [9.17, 15) is 19.2 Å². The molecular weight excluding hydrogens is 312 g/mol. The number of fused-ring (bicyclic) bond motifs is 1. The number of hydrogen-bond acceptors (Lipinski definition) is 4. The van der Waals surface area contributed by atoms with Gasteiger partial charge in [-0.05, 0) is 18.6 Å². The van der Waals surface area contributed by atoms with E-state index in [1.54, 1.807) is 24.3 Å². The molecule has 0 aromatic heterocycles. The zero-order valence-corrected chi connectivity index (χ0v) is 13.0. The summed E-state index contributed by atoms with van der Waals surface area (Å²) < 4.78 is 0. The lowest BCUT2D eigenvalue weighted by molar-refractivity contribution is -0.138. The molecule has 0 radical (unpaired) electrons. The first-order valence-corrected chi connectivity index (χ1v) is 7.80. The Bertz CT molecular complexity index is 703. The number of anilines is 1. The van der Waals surface area contributed by atoms with Crippen molar-refractivity contribution in [1.82, 2.24) is 15.5 Å². The molecule has 4 amide bonds. The highest BCUT2D eigenvalue weighted by Gasteiger charge is 2.29. The standard InChI is InChI=1S/C16H18N4O4/c21-13-9-20(8-7-17-13)14(22)6-5-12-16(24)18-11-4-2-1-3-10(11)15(23)19-12/h1-4,12H,5-9H2,(H,17,21)(H,18,24)(H,19,23)/t12-/m0/s1. The van der Waals surface area contributed by atoms with Crippen LogP contribution in [0.5, 0.6) is 0 Å². The van der Waals surface area contributed by atoms with Gasteiger partial charge in [0.2, 0.25) is 17.7 Å². The highest BCUT2D eigenvalue weighted by Crippen LogP contribution is 2.19. The highest BCUT2D eigenvalue weighted by molar-refractivity contribution is 6.09. The van der Waals surface area contributed by atoms with E-state index in [0.717, 1.165) is 0 Å². The number of nitrogens with zero attached hydrogens (tertiary/aromatic N) is 1. The van der Waals surface area contributed by atoms with Crippen molar-refractivity contribution in [2.24, 2.45) is 0 Å². The first-order valence-electron chi connectivity index (χ1n) is 7.80. The SMILES string of the molecule is O=C1CN(C(=O)CC[C@@H]2NC(=O)c3ccccc3NC2=O)CCN1. The summed E-state index contributed by atoms with van der Waals surface area (Å²) in [4.78, 5) is 49.4. The van der Waals surface area contributed by atoms with Gasteiger partial charge >= 0.3 is 0 Å². The Labute approximate surface area is 138 Å². The molecule has 1 atom stereocenters. The van der Waals surface area contributed by atoms with Gasteiger partial charge in [-0.3, -0.25) is 19.2 Å². The maximum absolute atomic E-state index is 12.2. The molecule has 8 nitrogen and oxygen atoms in total. The molecule has 1 saturated heterocycles. The summed E-state index contributed by atoms with van der Waals surface area (Å²) in [5, 5.41) is 8.00. The number of carbonyl (C=O) groups excluding carboxylic acids is 4. The first-order chi connectivity index (χ1) is 11.5. The smallest absolute Gasteiger partial charge is 0.254 e. The summed E-state index contributed by atoms with van der Waals surface area (Å²) in [7, 11) is 0. The van der Waals surface area contributed by atoms with Crippen molar-refractivity contribution in [3.63, 3.8) is 0 Å². The van der Waals surface area contributed by atoms with Crippen LogP contribution in [0.15, 0.2) is 24.3 Å². The van der Waals surface area contributed by atoms with E-state index >= 15 is 0 Å². The Morgan fingerprint density at radius 1 is 1.21 bits per heavy atom. The van der Waals surface area contributed by atoms with Gasteiger partial charge in [0, 0.05) is 19.5 Å². The number of carbonyl (C=O) groups is 4. The summed E-state index contributed by atoms with van der Waals surface area (Å²) >= 11 is 0. The van der Waals surface area contributed by atoms with Crippen LogP contribution in [0.4, 0.5) is 5.69 Å². The molecule has 0 unspecified atom stereocenters. The van der Waals surface area contributed by atoms with Gasteiger partial charge < -0.3 is 20.9 Å². The Morgan fingerprint density at radius 2 is 2.00 bits per heavy atom. The molecule has 0 aliphatic carbocycles. The van der Waals surface area contributed by atoms with Crippen LogP contribution in [-0.4, -0.2) is 54.2 Å². The number of piperazine rings is 1. The van der Waals surface area contributed by atoms with Gasteiger partial charge in [-0.25, -0.2) is 0 Å². The minimum absolute atomic E-state index is 0.0352. The molecule has 0 spiro atoms. The topological polar surface area (TPSA) is 108 Å². The molecule has 2 heterocycles. The fourth-order valence-corrected chi connectivity index (χ4v) is 2.79. The van der Waals surface area contributed by atoms with Crippen molar-refractivity contribution in [3.05, 3.63) is 29.8 Å². The predicted molar refractivity (Wildman–Crippen MR) is 85.1 cm³/mol. The number of rotatable bonds is 3. The Morgan fingerprint density at radius 3 is 2.79 bits per heavy atom. The van der Waals surface area contributed by atoms with Crippen LogP contribution in [0, 0.1) is 0 Å². The second-order valence-corrected chi connectivity index (χ2v) is 5.76. The zero-order valence-electron chi connectivity index (χ0n) is 13.0. The molecule has 2 aliphatic rings. The van der Waals surface area contributed by atoms with Crippen LogP contribution >= 0.6 is 0 Å². The predicted octanol–water partition coefficient (Wildman–Crippen LogP) is -0.524. The molecule has 0 saturated carbocycles. The second kappa shape index (κ2) is 6.69. The van der Waals surface area contributed by atoms with Crippen molar-refractivity contribution < 1.29 is 19.2 Å². The lowest BCUT2D eigenvalue weighted by Gasteiger charge is -2.27. The van der Waals surface area contributed by atoms with E-state index in [2.05, 4.69) is 16.0 Å². The van der Waals surface area contributed by atoms with Gasteiger partial charge in [-0.2, -0.15) is 0 Å². The third kappa shape index (κ3) is 3.37. The van der Waals surface area contributed by atoms with Crippen LogP contribution in [0.1, 0.15) is 23.2 Å². The van der Waals surface area contributed by atoms with E-state index < -0.39 is 6.04 Å². The number of para-hydroxylation sites is 1. The summed E-state index contributed by atoms with van der Waals surface area (Å²) in [6.07, 6.45) is 0.268. The summed E-state index contributed by atoms with van der Waals surface area (Å²) in [5.74, 6) is -1.09. The van der Waals surface area contributed by atoms with Crippen LogP contribution < -0.4 is 16.0 Å². The molecule has 3 rings (SSSR count). The van der Waals surface area contributed by atoms with Crippen LogP contribution in [0.25, 0.3) is 0 Å². The van der Waals surface area contributed by atoms with Crippen molar-refractivity contribution in [3.8, 4) is 0 Å². The van der Waals surface area contributed by atoms with E-state index in [1.165, 1.54) is 4.90 Å². The molecule has 1 aromatic carbocycles. The molecule has 2 aliphatic heterocycles. The van der Waals surface area contributed by atoms with E-state index in [-0.39, 0.29) is 43.0 Å². The maximum atomic E-state index is 12.2. The van der Waals surface area contributed by atoms with Crippen molar-refractivity contribution in [2.75, 3.05) is 25.0 Å². The number of nitrogens with one attached hydrogen (secondary N) is 3. The van der Waals surface area contributed by atoms with Crippen molar-refractivity contribution >= 4 is 29.3 Å². The average molecular weight is 330 g/mol. The summed E-state index contributed by atoms with van der Waals surface area (Å²) in [6, 6.07) is 5.96. The average Bonchev–Trinajstić information content (AvgIpc) is 2.69. The molecule has 1 fully saturated rings. The minimum Gasteiger partial charge on any atom is -0.353 e. The third-order valence-electron chi connectivity index (χ3n) is 4.09. The van der Waals surface area contributed by atoms with E-state index in [1.807, 2.05) is 0 Å². The van der Waals surface area contributed by atoms with Crippen LogP contribution in [0.3, 0.4) is 0 Å². The van der Waals surface area contributed by atoms with E-state index in [4.69, 9.17) is 0 Å². The lowest BCUT2D eigenvalue weighted by Crippen LogP contribution is -2.50. The quantitative estimate of drug-likeness (QED) is 0.693. The monoisotopic (exact) mass is 330 g/mol. The highest BCUT2D eigenvalue weighted by atomic mass is 16.2. The molecule has 3 N–H and O–H groups in total. The second-order valence-electron chi connectivity index (χ2n) is 5.76. The third-order valence-corrected chi connectivity index (χ3v) is 4.09. The van der Waals surface area contributed by atoms with Gasteiger partial charge in [-0.1, -0.05) is 12.1 Å². The Kier molecular flexibility index (Phi) is 4.45. The number of hydrogen-bond donors (Lipinski definition) is 3. The molecule has 126 valence electrons. The van der Waals surface area contributed by atoms with Crippen LogP contribution in [0.2, 0.25) is 0 Å². The van der Waals surface area contributed by atoms with Crippen molar-refractivity contribution in [1.29, 1.82) is 0 Å². The largest absolute Gasteiger partial charge is 0.353 e. The van der Waals surface area contributed by atoms with Gasteiger partial charge in [0.05, 0.1) is 17.8 Å². The van der Waals surface area contributed by atoms with Gasteiger partial charge in [0.1, 0.15) is 6.04 Å². The molecule has 1 aromatic rings. The van der Waals surface area contributed by atoms with E-state index in [0.29, 0.717) is 24.3 Å². The van der Waals surface area contributed by atoms with Gasteiger partial charge in [0.15, 0.2) is 0 Å².